The fraction of sp³-hybridized carbons (Fsp3) is 0.344. The van der Waals surface area contributed by atoms with Crippen LogP contribution in [0, 0.1) is 0 Å². The predicted molar refractivity (Wildman–Crippen MR) is 165 cm³/mol. The van der Waals surface area contributed by atoms with Crippen molar-refractivity contribution in [2.45, 2.75) is 38.8 Å². The van der Waals surface area contributed by atoms with Crippen LogP contribution >= 0.6 is 11.6 Å². The standard InChI is InChI=1S/C32H38ClN5O4/c1-21(2)42-29-12-11-25(17-27(29)33)32(41)34-18-26(35-30(40)20-37(3)4)16-22-7-9-23(10-8-22)28-19-38-14-5-6-24(13-15-39)31(38)36-28/h5-12,14,17,19,21,26,39H,13,15-16,18,20H2,1-4H3,(H,34,41)(H,35,40). The number of fused-ring (bicyclic) bond motifs is 1. The number of hydrogen-bond acceptors (Lipinski definition) is 6. The average molecular weight is 592 g/mol. The molecule has 222 valence electrons. The quantitative estimate of drug-likeness (QED) is 0.217. The van der Waals surface area contributed by atoms with Crippen LogP contribution in [0.1, 0.15) is 35.3 Å². The first-order valence-corrected chi connectivity index (χ1v) is 14.4. The summed E-state index contributed by atoms with van der Waals surface area (Å²) in [7, 11) is 3.66. The Morgan fingerprint density at radius 2 is 1.88 bits per heavy atom. The maximum Gasteiger partial charge on any atom is 0.251 e. The van der Waals surface area contributed by atoms with Gasteiger partial charge in [-0.2, -0.15) is 0 Å². The minimum absolute atomic E-state index is 0.0352. The topological polar surface area (TPSA) is 108 Å². The number of aromatic nitrogens is 2. The van der Waals surface area contributed by atoms with Crippen molar-refractivity contribution in [1.82, 2.24) is 24.9 Å². The van der Waals surface area contributed by atoms with Crippen LogP contribution in [0.3, 0.4) is 0 Å². The largest absolute Gasteiger partial charge is 0.489 e. The van der Waals surface area contributed by atoms with Crippen LogP contribution in [0.4, 0.5) is 0 Å². The third-order valence-electron chi connectivity index (χ3n) is 6.57. The van der Waals surface area contributed by atoms with Gasteiger partial charge in [0.1, 0.15) is 11.4 Å². The molecule has 9 nitrogen and oxygen atoms in total. The van der Waals surface area contributed by atoms with Gasteiger partial charge in [-0.1, -0.05) is 41.9 Å². The molecule has 42 heavy (non-hydrogen) atoms. The van der Waals surface area contributed by atoms with Gasteiger partial charge >= 0.3 is 0 Å². The summed E-state index contributed by atoms with van der Waals surface area (Å²) in [6.07, 6.45) is 4.94. The smallest absolute Gasteiger partial charge is 0.251 e. The zero-order valence-corrected chi connectivity index (χ0v) is 25.2. The second-order valence-electron chi connectivity index (χ2n) is 10.8. The van der Waals surface area contributed by atoms with Gasteiger partial charge in [0, 0.05) is 36.7 Å². The number of amides is 2. The minimum Gasteiger partial charge on any atom is -0.489 e. The van der Waals surface area contributed by atoms with Crippen LogP contribution in [0.25, 0.3) is 16.9 Å². The fourth-order valence-corrected chi connectivity index (χ4v) is 4.89. The van der Waals surface area contributed by atoms with Gasteiger partial charge in [-0.25, -0.2) is 4.98 Å². The summed E-state index contributed by atoms with van der Waals surface area (Å²) >= 11 is 6.32. The van der Waals surface area contributed by atoms with Crippen molar-refractivity contribution in [2.75, 3.05) is 33.8 Å². The number of likely N-dealkylation sites (N-methyl/N-ethyl adjacent to an activating group) is 1. The second kappa shape index (κ2) is 14.3. The summed E-state index contributed by atoms with van der Waals surface area (Å²) in [4.78, 5) is 32.1. The number of aliphatic hydroxyl groups excluding tert-OH is 1. The normalized spacial score (nSPS) is 12.1. The average Bonchev–Trinajstić information content (AvgIpc) is 3.38. The molecule has 1 atom stereocenters. The van der Waals surface area contributed by atoms with Gasteiger partial charge in [0.25, 0.3) is 5.91 Å². The Bertz CT molecular complexity index is 1520. The summed E-state index contributed by atoms with van der Waals surface area (Å²) in [5.74, 6) is 0.106. The lowest BCUT2D eigenvalue weighted by atomic mass is 10.0. The summed E-state index contributed by atoms with van der Waals surface area (Å²) in [6.45, 7) is 4.36. The number of pyridine rings is 1. The van der Waals surface area contributed by atoms with Gasteiger partial charge < -0.3 is 29.8 Å². The van der Waals surface area contributed by atoms with Crippen molar-refractivity contribution in [1.29, 1.82) is 0 Å². The molecule has 3 N–H and O–H groups in total. The minimum atomic E-state index is -0.331. The van der Waals surface area contributed by atoms with Crippen LogP contribution in [0.5, 0.6) is 5.75 Å². The predicted octanol–water partition coefficient (Wildman–Crippen LogP) is 4.00. The number of nitrogens with zero attached hydrogens (tertiary/aromatic N) is 3. The number of rotatable bonds is 13. The zero-order chi connectivity index (χ0) is 30.2. The monoisotopic (exact) mass is 591 g/mol. The highest BCUT2D eigenvalue weighted by Gasteiger charge is 2.17. The van der Waals surface area contributed by atoms with E-state index in [0.29, 0.717) is 29.2 Å². The Morgan fingerprint density at radius 1 is 1.12 bits per heavy atom. The Labute approximate surface area is 251 Å². The molecule has 0 saturated heterocycles. The third-order valence-corrected chi connectivity index (χ3v) is 6.86. The lowest BCUT2D eigenvalue weighted by Gasteiger charge is -2.21. The summed E-state index contributed by atoms with van der Waals surface area (Å²) in [6, 6.07) is 16.5. The molecule has 0 fully saturated rings. The van der Waals surface area contributed by atoms with E-state index < -0.39 is 0 Å². The highest BCUT2D eigenvalue weighted by molar-refractivity contribution is 6.32. The first-order chi connectivity index (χ1) is 20.1. The van der Waals surface area contributed by atoms with E-state index in [9.17, 15) is 14.7 Å². The number of carbonyl (C=O) groups excluding carboxylic acids is 2. The summed E-state index contributed by atoms with van der Waals surface area (Å²) < 4.78 is 7.62. The van der Waals surface area contributed by atoms with Crippen LogP contribution in [0.15, 0.2) is 67.0 Å². The van der Waals surface area contributed by atoms with Gasteiger partial charge in [0.15, 0.2) is 0 Å². The number of nitrogens with one attached hydrogen (secondary N) is 2. The van der Waals surface area contributed by atoms with Crippen molar-refractivity contribution in [3.8, 4) is 17.0 Å². The van der Waals surface area contributed by atoms with Gasteiger partial charge in [-0.3, -0.25) is 9.59 Å². The summed E-state index contributed by atoms with van der Waals surface area (Å²) in [5.41, 5.74) is 5.02. The lowest BCUT2D eigenvalue weighted by Crippen LogP contribution is -2.47. The maximum absolute atomic E-state index is 12.9. The maximum atomic E-state index is 12.9. The van der Waals surface area contributed by atoms with Crippen molar-refractivity contribution in [3.05, 3.63) is 88.7 Å². The molecule has 0 spiro atoms. The van der Waals surface area contributed by atoms with E-state index in [1.807, 2.05) is 81.1 Å². The van der Waals surface area contributed by atoms with Crippen LogP contribution in [-0.2, 0) is 17.6 Å². The van der Waals surface area contributed by atoms with E-state index in [4.69, 9.17) is 21.3 Å². The van der Waals surface area contributed by atoms with E-state index in [1.54, 1.807) is 23.1 Å². The fourth-order valence-electron chi connectivity index (χ4n) is 4.67. The third kappa shape index (κ3) is 8.31. The molecule has 2 heterocycles. The number of imidazole rings is 1. The molecule has 0 aliphatic carbocycles. The molecule has 1 unspecified atom stereocenters. The molecular weight excluding hydrogens is 554 g/mol. The molecule has 0 aliphatic rings. The molecule has 2 aromatic heterocycles. The molecule has 0 saturated carbocycles. The SMILES string of the molecule is CC(C)Oc1ccc(C(=O)NCC(Cc2ccc(-c3cn4cccc(CCO)c4n3)cc2)NC(=O)CN(C)C)cc1Cl. The number of ether oxygens (including phenoxy) is 1. The highest BCUT2D eigenvalue weighted by Crippen LogP contribution is 2.26. The first kappa shape index (κ1) is 31.0. The number of hydrogen-bond donors (Lipinski definition) is 3. The van der Waals surface area contributed by atoms with Crippen molar-refractivity contribution in [3.63, 3.8) is 0 Å². The van der Waals surface area contributed by atoms with Gasteiger partial charge in [0.05, 0.1) is 29.4 Å². The number of carbonyl (C=O) groups is 2. The first-order valence-electron chi connectivity index (χ1n) is 14.0. The van der Waals surface area contributed by atoms with Gasteiger partial charge in [-0.05, 0) is 76.2 Å². The molecule has 10 heteroatoms. The second-order valence-corrected chi connectivity index (χ2v) is 11.2. The van der Waals surface area contributed by atoms with E-state index >= 15 is 0 Å². The van der Waals surface area contributed by atoms with E-state index in [1.165, 1.54) is 0 Å². The number of aliphatic hydroxyl groups is 1. The Balaban J connectivity index is 1.46. The zero-order valence-electron chi connectivity index (χ0n) is 24.4. The Hall–Kier alpha value is -3.92. The molecule has 2 aromatic carbocycles. The Morgan fingerprint density at radius 3 is 2.55 bits per heavy atom. The molecule has 2 amide bonds. The highest BCUT2D eigenvalue weighted by atomic mass is 35.5. The van der Waals surface area contributed by atoms with Crippen LogP contribution in [-0.4, -0.2) is 77.1 Å². The summed E-state index contributed by atoms with van der Waals surface area (Å²) in [5, 5.41) is 15.7. The van der Waals surface area contributed by atoms with Crippen molar-refractivity contribution < 1.29 is 19.4 Å². The van der Waals surface area contributed by atoms with E-state index in [-0.39, 0.29) is 43.7 Å². The van der Waals surface area contributed by atoms with Crippen LogP contribution in [0.2, 0.25) is 5.02 Å². The van der Waals surface area contributed by atoms with Gasteiger partial charge in [-0.15, -0.1) is 0 Å². The molecule has 0 aliphatic heterocycles. The van der Waals surface area contributed by atoms with E-state index in [2.05, 4.69) is 10.6 Å². The molecular formula is C32H38ClN5O4. The molecule has 0 bridgehead atoms. The number of benzene rings is 2. The molecule has 4 aromatic rings. The van der Waals surface area contributed by atoms with Crippen molar-refractivity contribution in [2.24, 2.45) is 0 Å². The van der Waals surface area contributed by atoms with Crippen LogP contribution < -0.4 is 15.4 Å². The molecule has 4 rings (SSSR count). The van der Waals surface area contributed by atoms with E-state index in [0.717, 1.165) is 28.0 Å². The van der Waals surface area contributed by atoms with Gasteiger partial charge in [0.2, 0.25) is 5.91 Å². The van der Waals surface area contributed by atoms with Crippen molar-refractivity contribution >= 4 is 29.1 Å². The lowest BCUT2D eigenvalue weighted by molar-refractivity contribution is -0.122. The number of halogens is 1. The molecule has 0 radical (unpaired) electrons. The Kier molecular flexibility index (Phi) is 10.6.